The minimum atomic E-state index is -0.832. The Morgan fingerprint density at radius 3 is 2.69 bits per heavy atom. The number of nitrogens with one attached hydrogen (secondary N) is 2. The first kappa shape index (κ1) is 26.7. The van der Waals surface area contributed by atoms with E-state index < -0.39 is 29.9 Å². The minimum Gasteiger partial charge on any atom is -0.452 e. The van der Waals surface area contributed by atoms with E-state index in [-0.39, 0.29) is 29.9 Å². The molecule has 0 aliphatic carbocycles. The smallest absolute Gasteiger partial charge is 0.306 e. The molecular weight excluding hydrogens is 538 g/mol. The summed E-state index contributed by atoms with van der Waals surface area (Å²) in [4.78, 5) is 55.9. The molecule has 2 amide bonds. The third-order valence-electron chi connectivity index (χ3n) is 7.25. The Balaban J connectivity index is 1.38. The van der Waals surface area contributed by atoms with Crippen molar-refractivity contribution in [1.82, 2.24) is 29.8 Å². The average molecular weight is 566 g/mol. The summed E-state index contributed by atoms with van der Waals surface area (Å²) in [5.41, 5.74) is 7.95. The number of hydrogen-bond acceptors (Lipinski definition) is 8. The Labute approximate surface area is 239 Å². The van der Waals surface area contributed by atoms with E-state index in [9.17, 15) is 19.2 Å². The summed E-state index contributed by atoms with van der Waals surface area (Å²) < 4.78 is 8.05. The number of cyclic esters (lactones) is 1. The van der Waals surface area contributed by atoms with Gasteiger partial charge in [0, 0.05) is 43.2 Å². The van der Waals surface area contributed by atoms with Crippen molar-refractivity contribution >= 4 is 40.0 Å². The summed E-state index contributed by atoms with van der Waals surface area (Å²) in [5, 5.41) is 11.0. The molecule has 12 nitrogen and oxygen atoms in total. The number of pyridine rings is 1. The van der Waals surface area contributed by atoms with Crippen molar-refractivity contribution < 1.29 is 19.1 Å². The zero-order chi connectivity index (χ0) is 29.4. The predicted octanol–water partition coefficient (Wildman–Crippen LogP) is 2.43. The second-order valence-electron chi connectivity index (χ2n) is 10.0. The first-order chi connectivity index (χ1) is 20.3. The number of carbonyl (C=O) groups is 3. The van der Waals surface area contributed by atoms with Gasteiger partial charge in [-0.15, -0.1) is 5.10 Å². The van der Waals surface area contributed by atoms with Gasteiger partial charge < -0.3 is 21.1 Å². The molecule has 212 valence electrons. The fraction of sp³-hybridized carbons (Fsp3) is 0.200. The number of benzene rings is 2. The van der Waals surface area contributed by atoms with Crippen molar-refractivity contribution in [3.8, 4) is 5.69 Å². The fourth-order valence-electron chi connectivity index (χ4n) is 5.23. The van der Waals surface area contributed by atoms with Crippen LogP contribution in [0.4, 0.5) is 5.82 Å². The lowest BCUT2D eigenvalue weighted by Crippen LogP contribution is -2.35. The van der Waals surface area contributed by atoms with E-state index in [1.165, 1.54) is 4.52 Å². The SMILES string of the molecule is C[C@H](NC(=O)c1c(N)nn2cccnc12)c1cc2cccc(CNC(=O)[C@@H]3CCC(=O)O3)c2c(=O)n1-c1ccccc1. The van der Waals surface area contributed by atoms with Crippen molar-refractivity contribution in [1.29, 1.82) is 0 Å². The van der Waals surface area contributed by atoms with Gasteiger partial charge in [-0.25, -0.2) is 9.50 Å². The van der Waals surface area contributed by atoms with Crippen LogP contribution >= 0.6 is 0 Å². The number of amides is 2. The quantitative estimate of drug-likeness (QED) is 0.253. The van der Waals surface area contributed by atoms with Crippen molar-refractivity contribution in [3.05, 3.63) is 100 Å². The van der Waals surface area contributed by atoms with E-state index in [4.69, 9.17) is 10.5 Å². The van der Waals surface area contributed by atoms with Gasteiger partial charge in [-0.1, -0.05) is 36.4 Å². The maximum absolute atomic E-state index is 14.2. The summed E-state index contributed by atoms with van der Waals surface area (Å²) in [6.45, 7) is 1.85. The lowest BCUT2D eigenvalue weighted by molar-refractivity contribution is -0.148. The van der Waals surface area contributed by atoms with Crippen LogP contribution in [0.1, 0.15) is 47.4 Å². The normalized spacial score (nSPS) is 15.5. The lowest BCUT2D eigenvalue weighted by Gasteiger charge is -2.22. The van der Waals surface area contributed by atoms with Gasteiger partial charge >= 0.3 is 5.97 Å². The molecule has 1 saturated heterocycles. The molecule has 6 rings (SSSR count). The summed E-state index contributed by atoms with van der Waals surface area (Å²) in [5.74, 6) is -1.25. The maximum Gasteiger partial charge on any atom is 0.306 e. The molecule has 2 aromatic carbocycles. The predicted molar refractivity (Wildman–Crippen MR) is 154 cm³/mol. The number of hydrogen-bond donors (Lipinski definition) is 3. The Kier molecular flexibility index (Phi) is 6.87. The van der Waals surface area contributed by atoms with Crippen molar-refractivity contribution in [3.63, 3.8) is 0 Å². The molecule has 42 heavy (non-hydrogen) atoms. The van der Waals surface area contributed by atoms with Gasteiger partial charge in [0.05, 0.1) is 11.4 Å². The van der Waals surface area contributed by atoms with Crippen LogP contribution in [0.25, 0.3) is 22.1 Å². The van der Waals surface area contributed by atoms with Crippen LogP contribution in [0, 0.1) is 0 Å². The highest BCUT2D eigenvalue weighted by atomic mass is 16.6. The van der Waals surface area contributed by atoms with Gasteiger partial charge in [0.25, 0.3) is 17.4 Å². The third kappa shape index (κ3) is 4.83. The monoisotopic (exact) mass is 565 g/mol. The van der Waals surface area contributed by atoms with Crippen LogP contribution < -0.4 is 21.9 Å². The van der Waals surface area contributed by atoms with Crippen molar-refractivity contribution in [2.45, 2.75) is 38.5 Å². The van der Waals surface area contributed by atoms with Crippen LogP contribution in [0.2, 0.25) is 0 Å². The third-order valence-corrected chi connectivity index (χ3v) is 7.25. The summed E-state index contributed by atoms with van der Waals surface area (Å²) >= 11 is 0. The molecule has 2 atom stereocenters. The van der Waals surface area contributed by atoms with Gasteiger partial charge in [0.1, 0.15) is 5.56 Å². The molecule has 12 heteroatoms. The molecule has 0 unspecified atom stereocenters. The van der Waals surface area contributed by atoms with E-state index in [0.29, 0.717) is 39.8 Å². The van der Waals surface area contributed by atoms with E-state index in [2.05, 4.69) is 20.7 Å². The maximum atomic E-state index is 14.2. The van der Waals surface area contributed by atoms with Gasteiger partial charge in [-0.05, 0) is 42.1 Å². The number of carbonyl (C=O) groups excluding carboxylic acids is 3. The Bertz CT molecular complexity index is 1910. The van der Waals surface area contributed by atoms with Crippen molar-refractivity contribution in [2.75, 3.05) is 5.73 Å². The topological polar surface area (TPSA) is 163 Å². The van der Waals surface area contributed by atoms with Gasteiger partial charge in [0.15, 0.2) is 17.6 Å². The molecule has 0 spiro atoms. The first-order valence-corrected chi connectivity index (χ1v) is 13.4. The number of anilines is 1. The first-order valence-electron chi connectivity index (χ1n) is 13.4. The van der Waals surface area contributed by atoms with E-state index in [1.54, 1.807) is 60.3 Å². The summed E-state index contributed by atoms with van der Waals surface area (Å²) in [6, 6.07) is 17.4. The molecule has 1 fully saturated rings. The van der Waals surface area contributed by atoms with Crippen LogP contribution in [0.15, 0.2) is 77.9 Å². The number of nitrogens with two attached hydrogens (primary N) is 1. The average Bonchev–Trinajstić information content (AvgIpc) is 3.58. The standard InChI is InChI=1S/C30H27N7O5/c1-17(34-29(40)25-26(31)35-36-14-6-13-32-27(25)36)21-15-18-7-5-8-19(16-33-28(39)22-11-12-23(38)42-22)24(18)30(41)37(21)20-9-3-2-4-10-20/h2-10,13-15,17,22H,11-12,16H2,1H3,(H2,31,35)(H,33,39)(H,34,40)/t17-,22-/m0/s1. The van der Waals surface area contributed by atoms with Gasteiger partial charge in [0.2, 0.25) is 0 Å². The van der Waals surface area contributed by atoms with Gasteiger partial charge in [-0.2, -0.15) is 0 Å². The highest BCUT2D eigenvalue weighted by molar-refractivity contribution is 6.04. The van der Waals surface area contributed by atoms with Crippen molar-refractivity contribution in [2.24, 2.45) is 0 Å². The largest absolute Gasteiger partial charge is 0.452 e. The number of esters is 1. The van der Waals surface area contributed by atoms with E-state index in [1.807, 2.05) is 24.3 Å². The number of rotatable bonds is 7. The van der Waals surface area contributed by atoms with Crippen LogP contribution in [-0.4, -0.2) is 43.1 Å². The molecule has 4 heterocycles. The summed E-state index contributed by atoms with van der Waals surface area (Å²) in [6.07, 6.45) is 2.89. The number of aromatic nitrogens is 4. The second-order valence-corrected chi connectivity index (χ2v) is 10.0. The molecular formula is C30H27N7O5. The van der Waals surface area contributed by atoms with E-state index in [0.717, 1.165) is 0 Å². The fourth-order valence-corrected chi connectivity index (χ4v) is 5.23. The number of nitrogen functional groups attached to an aromatic ring is 1. The molecule has 4 N–H and O–H groups in total. The summed E-state index contributed by atoms with van der Waals surface area (Å²) in [7, 11) is 0. The lowest BCUT2D eigenvalue weighted by atomic mass is 10.0. The molecule has 0 radical (unpaired) electrons. The van der Waals surface area contributed by atoms with E-state index >= 15 is 0 Å². The number of ether oxygens (including phenoxy) is 1. The zero-order valence-electron chi connectivity index (χ0n) is 22.6. The minimum absolute atomic E-state index is 0.0384. The van der Waals surface area contributed by atoms with Crippen LogP contribution in [-0.2, 0) is 20.9 Å². The second kappa shape index (κ2) is 10.8. The highest BCUT2D eigenvalue weighted by Gasteiger charge is 2.30. The molecule has 3 aromatic heterocycles. The molecule has 0 saturated carbocycles. The molecule has 5 aromatic rings. The van der Waals surface area contributed by atoms with Crippen LogP contribution in [0.3, 0.4) is 0 Å². The van der Waals surface area contributed by atoms with Crippen LogP contribution in [0.5, 0.6) is 0 Å². The molecule has 0 bridgehead atoms. The Morgan fingerprint density at radius 1 is 1.12 bits per heavy atom. The highest BCUT2D eigenvalue weighted by Crippen LogP contribution is 2.25. The zero-order valence-corrected chi connectivity index (χ0v) is 22.6. The number of fused-ring (bicyclic) bond motifs is 2. The Hall–Kier alpha value is -5.52. The molecule has 1 aliphatic heterocycles. The van der Waals surface area contributed by atoms with Gasteiger partial charge in [-0.3, -0.25) is 23.7 Å². The number of nitrogens with zero attached hydrogens (tertiary/aromatic N) is 4. The number of para-hydroxylation sites is 1. The Morgan fingerprint density at radius 2 is 1.93 bits per heavy atom. The molecule has 1 aliphatic rings.